The molecule has 2 aromatic carbocycles. The third-order valence-electron chi connectivity index (χ3n) is 2.81. The summed E-state index contributed by atoms with van der Waals surface area (Å²) in [6.45, 7) is 2.42. The molecule has 0 amide bonds. The Morgan fingerprint density at radius 3 is 2.62 bits per heavy atom. The van der Waals surface area contributed by atoms with E-state index in [1.165, 1.54) is 30.0 Å². The van der Waals surface area contributed by atoms with E-state index in [-0.39, 0.29) is 5.56 Å². The molecular weight excluding hydrogens is 291 g/mol. The molecule has 0 spiro atoms. The van der Waals surface area contributed by atoms with Crippen molar-refractivity contribution in [2.75, 3.05) is 12.4 Å². The quantitative estimate of drug-likeness (QED) is 0.647. The van der Waals surface area contributed by atoms with Crippen LogP contribution in [-0.4, -0.2) is 23.4 Å². The molecule has 0 aliphatic rings. The van der Waals surface area contributed by atoms with Gasteiger partial charge in [-0.05, 0) is 37.3 Å². The van der Waals surface area contributed by atoms with Gasteiger partial charge in [0.2, 0.25) is 0 Å². The number of halogens is 1. The van der Waals surface area contributed by atoms with Crippen LogP contribution in [0.2, 0.25) is 0 Å². The van der Waals surface area contributed by atoms with Gasteiger partial charge in [-0.2, -0.15) is 0 Å². The zero-order valence-corrected chi connectivity index (χ0v) is 12.3. The second-order valence-corrected chi connectivity index (χ2v) is 5.60. The first-order valence-electron chi connectivity index (χ1n) is 6.41. The lowest BCUT2D eigenvalue weighted by molar-refractivity contribution is 0.0696. The van der Waals surface area contributed by atoms with Crippen molar-refractivity contribution < 1.29 is 19.0 Å². The number of thioether (sulfide) groups is 1. The summed E-state index contributed by atoms with van der Waals surface area (Å²) in [5.74, 6) is -0.178. The van der Waals surface area contributed by atoms with Gasteiger partial charge < -0.3 is 9.84 Å². The molecule has 0 saturated heterocycles. The van der Waals surface area contributed by atoms with Crippen LogP contribution in [0.15, 0.2) is 47.4 Å². The summed E-state index contributed by atoms with van der Waals surface area (Å²) in [5, 5.41) is 8.89. The van der Waals surface area contributed by atoms with Crippen LogP contribution in [0.1, 0.15) is 15.9 Å². The summed E-state index contributed by atoms with van der Waals surface area (Å²) in [7, 11) is 0. The standard InChI is InChI=1S/C16H15FO3S/c1-11-2-5-13(6-3-11)20-8-9-21-15-10-12(16(18)19)4-7-14(15)17/h2-7,10H,8-9H2,1H3,(H,18,19). The summed E-state index contributed by atoms with van der Waals surface area (Å²) in [6.07, 6.45) is 0. The van der Waals surface area contributed by atoms with Crippen molar-refractivity contribution in [2.24, 2.45) is 0 Å². The largest absolute Gasteiger partial charge is 0.493 e. The Balaban J connectivity index is 1.87. The number of rotatable bonds is 6. The number of hydrogen-bond donors (Lipinski definition) is 1. The molecule has 21 heavy (non-hydrogen) atoms. The fourth-order valence-corrected chi connectivity index (χ4v) is 2.50. The van der Waals surface area contributed by atoms with Crippen LogP contribution < -0.4 is 4.74 Å². The third kappa shape index (κ3) is 4.49. The molecule has 0 aliphatic heterocycles. The number of carboxylic acid groups (broad SMARTS) is 1. The van der Waals surface area contributed by atoms with Gasteiger partial charge in [-0.3, -0.25) is 0 Å². The van der Waals surface area contributed by atoms with Crippen molar-refractivity contribution in [3.63, 3.8) is 0 Å². The highest BCUT2D eigenvalue weighted by molar-refractivity contribution is 7.99. The maximum Gasteiger partial charge on any atom is 0.335 e. The number of benzene rings is 2. The topological polar surface area (TPSA) is 46.5 Å². The lowest BCUT2D eigenvalue weighted by Crippen LogP contribution is -2.01. The second-order valence-electron chi connectivity index (χ2n) is 4.46. The van der Waals surface area contributed by atoms with Crippen molar-refractivity contribution in [1.82, 2.24) is 0 Å². The van der Waals surface area contributed by atoms with Crippen LogP contribution >= 0.6 is 11.8 Å². The Labute approximate surface area is 126 Å². The van der Waals surface area contributed by atoms with Gasteiger partial charge in [-0.25, -0.2) is 9.18 Å². The number of hydrogen-bond acceptors (Lipinski definition) is 3. The molecule has 0 aliphatic carbocycles. The SMILES string of the molecule is Cc1ccc(OCCSc2cc(C(=O)O)ccc2F)cc1. The maximum absolute atomic E-state index is 13.6. The molecule has 0 unspecified atom stereocenters. The number of ether oxygens (including phenoxy) is 1. The van der Waals surface area contributed by atoms with Gasteiger partial charge in [0.1, 0.15) is 11.6 Å². The summed E-state index contributed by atoms with van der Waals surface area (Å²) >= 11 is 1.24. The van der Waals surface area contributed by atoms with Gasteiger partial charge in [-0.15, -0.1) is 11.8 Å². The molecule has 0 saturated carbocycles. The van der Waals surface area contributed by atoms with Crippen LogP contribution in [0.25, 0.3) is 0 Å². The van der Waals surface area contributed by atoms with Crippen LogP contribution in [0.4, 0.5) is 4.39 Å². The summed E-state index contributed by atoms with van der Waals surface area (Å²) in [5.41, 5.74) is 1.24. The number of carbonyl (C=O) groups is 1. The van der Waals surface area contributed by atoms with Gasteiger partial charge in [0.25, 0.3) is 0 Å². The monoisotopic (exact) mass is 306 g/mol. The van der Waals surface area contributed by atoms with Crippen molar-refractivity contribution in [1.29, 1.82) is 0 Å². The van der Waals surface area contributed by atoms with Crippen LogP contribution in [-0.2, 0) is 0 Å². The first kappa shape index (κ1) is 15.4. The van der Waals surface area contributed by atoms with Crippen molar-refractivity contribution >= 4 is 17.7 Å². The predicted molar refractivity (Wildman–Crippen MR) is 80.8 cm³/mol. The van der Waals surface area contributed by atoms with Crippen LogP contribution in [0, 0.1) is 12.7 Å². The minimum atomic E-state index is -1.06. The van der Waals surface area contributed by atoms with Gasteiger partial charge in [-0.1, -0.05) is 17.7 Å². The van der Waals surface area contributed by atoms with Crippen molar-refractivity contribution in [2.45, 2.75) is 11.8 Å². The molecule has 5 heteroatoms. The molecule has 3 nitrogen and oxygen atoms in total. The molecule has 2 aromatic rings. The number of aromatic carboxylic acids is 1. The molecule has 1 N–H and O–H groups in total. The van der Waals surface area contributed by atoms with E-state index in [0.717, 1.165) is 11.3 Å². The first-order valence-corrected chi connectivity index (χ1v) is 7.40. The first-order chi connectivity index (χ1) is 10.1. The molecule has 0 radical (unpaired) electrons. The number of aryl methyl sites for hydroxylation is 1. The van der Waals surface area contributed by atoms with E-state index in [1.54, 1.807) is 0 Å². The number of carboxylic acids is 1. The van der Waals surface area contributed by atoms with Gasteiger partial charge >= 0.3 is 5.97 Å². The molecule has 0 heterocycles. The zero-order valence-electron chi connectivity index (χ0n) is 11.5. The molecule has 2 rings (SSSR count). The highest BCUT2D eigenvalue weighted by Gasteiger charge is 2.08. The van der Waals surface area contributed by atoms with Crippen LogP contribution in [0.5, 0.6) is 5.75 Å². The smallest absolute Gasteiger partial charge is 0.335 e. The van der Waals surface area contributed by atoms with Crippen molar-refractivity contribution in [3.8, 4) is 5.75 Å². The Kier molecular flexibility index (Phi) is 5.22. The van der Waals surface area contributed by atoms with E-state index < -0.39 is 11.8 Å². The van der Waals surface area contributed by atoms with E-state index in [2.05, 4.69) is 0 Å². The Hall–Kier alpha value is -2.01. The van der Waals surface area contributed by atoms with E-state index in [0.29, 0.717) is 17.3 Å². The zero-order chi connectivity index (χ0) is 15.2. The summed E-state index contributed by atoms with van der Waals surface area (Å²) in [4.78, 5) is 11.2. The van der Waals surface area contributed by atoms with E-state index in [1.807, 2.05) is 31.2 Å². The van der Waals surface area contributed by atoms with Crippen molar-refractivity contribution in [3.05, 3.63) is 59.4 Å². The molecule has 0 bridgehead atoms. The Morgan fingerprint density at radius 2 is 1.95 bits per heavy atom. The van der Waals surface area contributed by atoms with Gasteiger partial charge in [0, 0.05) is 10.6 Å². The third-order valence-corrected chi connectivity index (χ3v) is 3.80. The lowest BCUT2D eigenvalue weighted by Gasteiger charge is -2.07. The Morgan fingerprint density at radius 1 is 1.24 bits per heavy atom. The predicted octanol–water partition coefficient (Wildman–Crippen LogP) is 4.00. The second kappa shape index (κ2) is 7.13. The van der Waals surface area contributed by atoms with Gasteiger partial charge in [0.15, 0.2) is 0 Å². The minimum absolute atomic E-state index is 0.0818. The lowest BCUT2D eigenvalue weighted by atomic mass is 10.2. The van der Waals surface area contributed by atoms with E-state index in [9.17, 15) is 9.18 Å². The minimum Gasteiger partial charge on any atom is -0.493 e. The van der Waals surface area contributed by atoms with Gasteiger partial charge in [0.05, 0.1) is 12.2 Å². The fraction of sp³-hybridized carbons (Fsp3) is 0.188. The average molecular weight is 306 g/mol. The van der Waals surface area contributed by atoms with E-state index >= 15 is 0 Å². The van der Waals surface area contributed by atoms with Crippen LogP contribution in [0.3, 0.4) is 0 Å². The fourth-order valence-electron chi connectivity index (χ4n) is 1.69. The highest BCUT2D eigenvalue weighted by Crippen LogP contribution is 2.23. The maximum atomic E-state index is 13.6. The van der Waals surface area contributed by atoms with E-state index in [4.69, 9.17) is 9.84 Å². The molecule has 0 fully saturated rings. The average Bonchev–Trinajstić information content (AvgIpc) is 2.47. The molecule has 110 valence electrons. The summed E-state index contributed by atoms with van der Waals surface area (Å²) < 4.78 is 19.1. The summed E-state index contributed by atoms with van der Waals surface area (Å²) in [6, 6.07) is 11.4. The molecule has 0 atom stereocenters. The molecule has 0 aromatic heterocycles. The normalized spacial score (nSPS) is 10.4. The Bertz CT molecular complexity index is 626. The highest BCUT2D eigenvalue weighted by atomic mass is 32.2. The molecular formula is C16H15FO3S.